The molecule has 2 aromatic carbocycles. The van der Waals surface area contributed by atoms with Crippen LogP contribution in [0.25, 0.3) is 0 Å². The van der Waals surface area contributed by atoms with Crippen molar-refractivity contribution in [2.24, 2.45) is 0 Å². The normalized spacial score (nSPS) is 13.3. The van der Waals surface area contributed by atoms with Gasteiger partial charge in [-0.2, -0.15) is 0 Å². The van der Waals surface area contributed by atoms with Crippen LogP contribution in [0.2, 0.25) is 0 Å². The molecule has 0 bridgehead atoms. The van der Waals surface area contributed by atoms with Crippen molar-refractivity contribution >= 4 is 21.6 Å². The molecular weight excluding hydrogens is 399 g/mol. The van der Waals surface area contributed by atoms with Crippen molar-refractivity contribution in [2.75, 3.05) is 24.8 Å². The summed E-state index contributed by atoms with van der Waals surface area (Å²) in [7, 11) is -0.802. The molecule has 1 N–H and O–H groups in total. The van der Waals surface area contributed by atoms with E-state index in [0.717, 1.165) is 16.6 Å². The Kier molecular flexibility index (Phi) is 7.07. The minimum absolute atomic E-state index is 0.0711. The highest BCUT2D eigenvalue weighted by Crippen LogP contribution is 2.29. The predicted octanol–water partition coefficient (Wildman–Crippen LogP) is 2.87. The van der Waals surface area contributed by atoms with Gasteiger partial charge in [0, 0.05) is 5.56 Å². The summed E-state index contributed by atoms with van der Waals surface area (Å²) in [5, 5.41) is 2.78. The number of sulfonamides is 1. The van der Waals surface area contributed by atoms with Crippen molar-refractivity contribution in [3.05, 3.63) is 53.8 Å². The van der Waals surface area contributed by atoms with Gasteiger partial charge in [-0.25, -0.2) is 12.8 Å². The van der Waals surface area contributed by atoms with E-state index in [-0.39, 0.29) is 5.69 Å². The largest absolute Gasteiger partial charge is 0.497 e. The number of ether oxygens (including phenoxy) is 2. The first-order chi connectivity index (χ1) is 13.6. The highest BCUT2D eigenvalue weighted by Gasteiger charge is 2.30. The van der Waals surface area contributed by atoms with Crippen molar-refractivity contribution in [2.45, 2.75) is 25.9 Å². The Morgan fingerprint density at radius 2 is 1.79 bits per heavy atom. The molecule has 0 saturated carbocycles. The van der Waals surface area contributed by atoms with Crippen LogP contribution < -0.4 is 19.1 Å². The second kappa shape index (κ2) is 9.13. The molecule has 0 aliphatic rings. The number of anilines is 1. The van der Waals surface area contributed by atoms with Crippen molar-refractivity contribution in [3.8, 4) is 11.5 Å². The lowest BCUT2D eigenvalue weighted by Crippen LogP contribution is -2.48. The quantitative estimate of drug-likeness (QED) is 0.704. The summed E-state index contributed by atoms with van der Waals surface area (Å²) in [6, 6.07) is 8.67. The molecule has 2 aromatic rings. The van der Waals surface area contributed by atoms with Crippen molar-refractivity contribution < 1.29 is 27.1 Å². The number of benzene rings is 2. The number of methoxy groups -OCH3 is 2. The number of halogens is 1. The fourth-order valence-electron chi connectivity index (χ4n) is 3.01. The van der Waals surface area contributed by atoms with Gasteiger partial charge in [0.25, 0.3) is 0 Å². The van der Waals surface area contributed by atoms with Crippen LogP contribution in [0.5, 0.6) is 11.5 Å². The maximum Gasteiger partial charge on any atom is 0.244 e. The Morgan fingerprint density at radius 1 is 1.10 bits per heavy atom. The van der Waals surface area contributed by atoms with Gasteiger partial charge in [0.05, 0.1) is 32.2 Å². The summed E-state index contributed by atoms with van der Waals surface area (Å²) < 4.78 is 49.7. The Bertz CT molecular complexity index is 981. The first-order valence-corrected chi connectivity index (χ1v) is 10.7. The van der Waals surface area contributed by atoms with E-state index < -0.39 is 33.8 Å². The number of hydrogen-bond donors (Lipinski definition) is 1. The van der Waals surface area contributed by atoms with Gasteiger partial charge < -0.3 is 14.8 Å². The molecule has 0 spiro atoms. The SMILES string of the molecule is COc1ccc(OC)c([C@@H](C)NC(=O)[C@H](C)N(c2cccc(F)c2)S(C)(=O)=O)c1. The van der Waals surface area contributed by atoms with E-state index in [9.17, 15) is 17.6 Å². The maximum absolute atomic E-state index is 13.6. The molecule has 2 atom stereocenters. The van der Waals surface area contributed by atoms with E-state index in [1.165, 1.54) is 39.3 Å². The first-order valence-electron chi connectivity index (χ1n) is 8.85. The van der Waals surface area contributed by atoms with Gasteiger partial charge in [-0.1, -0.05) is 6.07 Å². The van der Waals surface area contributed by atoms with Gasteiger partial charge in [0.1, 0.15) is 23.4 Å². The molecule has 0 heterocycles. The summed E-state index contributed by atoms with van der Waals surface area (Å²) in [6.07, 6.45) is 0.968. The molecule has 1 amide bonds. The molecule has 0 aromatic heterocycles. The fraction of sp³-hybridized carbons (Fsp3) is 0.350. The van der Waals surface area contributed by atoms with Crippen LogP contribution in [-0.4, -0.2) is 40.8 Å². The zero-order valence-corrected chi connectivity index (χ0v) is 17.8. The van der Waals surface area contributed by atoms with Crippen molar-refractivity contribution in [3.63, 3.8) is 0 Å². The number of amides is 1. The van der Waals surface area contributed by atoms with Crippen LogP contribution in [0.15, 0.2) is 42.5 Å². The van der Waals surface area contributed by atoms with E-state index in [0.29, 0.717) is 17.1 Å². The Labute approximate surface area is 170 Å². The minimum Gasteiger partial charge on any atom is -0.497 e. The molecule has 0 saturated heterocycles. The van der Waals surface area contributed by atoms with Gasteiger partial charge in [0.15, 0.2) is 0 Å². The Balaban J connectivity index is 2.30. The molecule has 0 fully saturated rings. The molecule has 0 radical (unpaired) electrons. The summed E-state index contributed by atoms with van der Waals surface area (Å²) in [5.74, 6) is -0.000809. The number of rotatable bonds is 8. The Morgan fingerprint density at radius 3 is 2.34 bits per heavy atom. The molecule has 158 valence electrons. The lowest BCUT2D eigenvalue weighted by Gasteiger charge is -2.29. The Hall–Kier alpha value is -2.81. The van der Waals surface area contributed by atoms with Crippen LogP contribution in [0.3, 0.4) is 0 Å². The van der Waals surface area contributed by atoms with Crippen LogP contribution in [0, 0.1) is 5.82 Å². The molecule has 0 unspecified atom stereocenters. The van der Waals surface area contributed by atoms with Crippen LogP contribution in [0.1, 0.15) is 25.5 Å². The average molecular weight is 424 g/mol. The first kappa shape index (κ1) is 22.5. The van der Waals surface area contributed by atoms with E-state index in [2.05, 4.69) is 5.32 Å². The zero-order valence-electron chi connectivity index (χ0n) is 17.0. The summed E-state index contributed by atoms with van der Waals surface area (Å²) >= 11 is 0. The number of carbonyl (C=O) groups excluding carboxylic acids is 1. The lowest BCUT2D eigenvalue weighted by atomic mass is 10.1. The van der Waals surface area contributed by atoms with Gasteiger partial charge in [-0.05, 0) is 50.2 Å². The van der Waals surface area contributed by atoms with Crippen LogP contribution in [0.4, 0.5) is 10.1 Å². The summed E-state index contributed by atoms with van der Waals surface area (Å²) in [6.45, 7) is 3.19. The fourth-order valence-corrected chi connectivity index (χ4v) is 4.18. The zero-order chi connectivity index (χ0) is 21.8. The maximum atomic E-state index is 13.6. The van der Waals surface area contributed by atoms with Crippen molar-refractivity contribution in [1.29, 1.82) is 0 Å². The smallest absolute Gasteiger partial charge is 0.244 e. The monoisotopic (exact) mass is 424 g/mol. The van der Waals surface area contributed by atoms with Gasteiger partial charge in [-0.3, -0.25) is 9.10 Å². The summed E-state index contributed by atoms with van der Waals surface area (Å²) in [5.41, 5.74) is 0.742. The molecule has 0 aliphatic heterocycles. The second-order valence-corrected chi connectivity index (χ2v) is 8.41. The standard InChI is InChI=1S/C20H25FN2O5S/c1-13(18-12-17(27-3)9-10-19(18)28-4)22-20(24)14(2)23(29(5,25)26)16-8-6-7-15(21)11-16/h6-14H,1-5H3,(H,22,24)/t13-,14+/m1/s1. The van der Waals surface area contributed by atoms with E-state index in [1.54, 1.807) is 25.1 Å². The van der Waals surface area contributed by atoms with Gasteiger partial charge in [0.2, 0.25) is 15.9 Å². The molecule has 9 heteroatoms. The molecule has 29 heavy (non-hydrogen) atoms. The predicted molar refractivity (Wildman–Crippen MR) is 109 cm³/mol. The van der Waals surface area contributed by atoms with Gasteiger partial charge in [-0.15, -0.1) is 0 Å². The third-order valence-electron chi connectivity index (χ3n) is 4.41. The van der Waals surface area contributed by atoms with Gasteiger partial charge >= 0.3 is 0 Å². The topological polar surface area (TPSA) is 84.9 Å². The molecular formula is C20H25FN2O5S. The van der Waals surface area contributed by atoms with E-state index >= 15 is 0 Å². The molecule has 0 aliphatic carbocycles. The third-order valence-corrected chi connectivity index (χ3v) is 5.65. The third kappa shape index (κ3) is 5.38. The lowest BCUT2D eigenvalue weighted by molar-refractivity contribution is -0.122. The highest BCUT2D eigenvalue weighted by atomic mass is 32.2. The number of hydrogen-bond acceptors (Lipinski definition) is 5. The molecule has 7 nitrogen and oxygen atoms in total. The van der Waals surface area contributed by atoms with Crippen LogP contribution >= 0.6 is 0 Å². The van der Waals surface area contributed by atoms with E-state index in [1.807, 2.05) is 0 Å². The van der Waals surface area contributed by atoms with E-state index in [4.69, 9.17) is 9.47 Å². The molecule has 2 rings (SSSR count). The number of nitrogens with one attached hydrogen (secondary N) is 1. The second-order valence-electron chi connectivity index (χ2n) is 6.55. The number of carbonyl (C=O) groups is 1. The van der Waals surface area contributed by atoms with Crippen LogP contribution in [-0.2, 0) is 14.8 Å². The minimum atomic E-state index is -3.84. The average Bonchev–Trinajstić information content (AvgIpc) is 2.66. The van der Waals surface area contributed by atoms with Crippen molar-refractivity contribution in [1.82, 2.24) is 5.32 Å². The highest BCUT2D eigenvalue weighted by molar-refractivity contribution is 7.92. The summed E-state index contributed by atoms with van der Waals surface area (Å²) in [4.78, 5) is 12.8. The number of nitrogens with zero attached hydrogens (tertiary/aromatic N) is 1.